The second-order valence-electron chi connectivity index (χ2n) is 4.71. The van der Waals surface area contributed by atoms with Gasteiger partial charge in [0.05, 0.1) is 0 Å². The molecule has 1 aliphatic rings. The molecule has 0 saturated heterocycles. The van der Waals surface area contributed by atoms with E-state index in [1.165, 1.54) is 5.56 Å². The molecule has 3 nitrogen and oxygen atoms in total. The number of carbonyl (C=O) groups is 1. The van der Waals surface area contributed by atoms with Crippen molar-refractivity contribution in [3.05, 3.63) is 66.2 Å². The summed E-state index contributed by atoms with van der Waals surface area (Å²) in [5.74, 6) is 0.987. The number of rotatable bonds is 3. The van der Waals surface area contributed by atoms with Crippen molar-refractivity contribution in [1.82, 2.24) is 5.32 Å². The van der Waals surface area contributed by atoms with E-state index >= 15 is 0 Å². The van der Waals surface area contributed by atoms with E-state index in [9.17, 15) is 4.79 Å². The van der Waals surface area contributed by atoms with Crippen molar-refractivity contribution < 1.29 is 9.53 Å². The summed E-state index contributed by atoms with van der Waals surface area (Å²) >= 11 is 0. The highest BCUT2D eigenvalue weighted by atomic mass is 16.6. The molecule has 0 heterocycles. The fourth-order valence-electron chi connectivity index (χ4n) is 2.20. The lowest BCUT2D eigenvalue weighted by molar-refractivity contribution is 0.200. The summed E-state index contributed by atoms with van der Waals surface area (Å²) in [6, 6.07) is 19.5. The number of hydrogen-bond donors (Lipinski definition) is 1. The van der Waals surface area contributed by atoms with Crippen LogP contribution < -0.4 is 10.1 Å². The number of amides is 1. The van der Waals surface area contributed by atoms with Gasteiger partial charge in [-0.05, 0) is 24.1 Å². The quantitative estimate of drug-likeness (QED) is 0.911. The maximum Gasteiger partial charge on any atom is 0.412 e. The molecule has 1 amide bonds. The molecule has 1 aliphatic carbocycles. The highest BCUT2D eigenvalue weighted by Gasteiger charge is 2.39. The zero-order chi connectivity index (χ0) is 13.1. The number of hydrogen-bond acceptors (Lipinski definition) is 2. The molecule has 1 saturated carbocycles. The van der Waals surface area contributed by atoms with E-state index in [1.54, 1.807) is 12.1 Å². The molecule has 19 heavy (non-hydrogen) atoms. The maximum atomic E-state index is 11.7. The van der Waals surface area contributed by atoms with Gasteiger partial charge in [-0.3, -0.25) is 0 Å². The molecule has 1 fully saturated rings. The molecule has 3 heteroatoms. The Kier molecular flexibility index (Phi) is 3.19. The minimum Gasteiger partial charge on any atom is -0.410 e. The van der Waals surface area contributed by atoms with Gasteiger partial charge in [-0.2, -0.15) is 0 Å². The molecular formula is C16H15NO2. The second-order valence-corrected chi connectivity index (χ2v) is 4.71. The Labute approximate surface area is 112 Å². The van der Waals surface area contributed by atoms with E-state index in [0.29, 0.717) is 11.7 Å². The monoisotopic (exact) mass is 253 g/mol. The predicted molar refractivity (Wildman–Crippen MR) is 73.2 cm³/mol. The SMILES string of the molecule is O=C(N[C@@H]1CC1c1ccccc1)Oc1ccccc1. The molecule has 0 spiro atoms. The number of nitrogens with one attached hydrogen (secondary N) is 1. The largest absolute Gasteiger partial charge is 0.412 e. The Hall–Kier alpha value is -2.29. The fourth-order valence-corrected chi connectivity index (χ4v) is 2.20. The Bertz CT molecular complexity index is 553. The van der Waals surface area contributed by atoms with Crippen molar-refractivity contribution in [1.29, 1.82) is 0 Å². The van der Waals surface area contributed by atoms with Crippen LogP contribution in [0, 0.1) is 0 Å². The van der Waals surface area contributed by atoms with Crippen molar-refractivity contribution in [2.45, 2.75) is 18.4 Å². The maximum absolute atomic E-state index is 11.7. The van der Waals surface area contributed by atoms with Gasteiger partial charge in [0.15, 0.2) is 0 Å². The normalized spacial score (nSPS) is 20.6. The molecule has 0 radical (unpaired) electrons. The summed E-state index contributed by atoms with van der Waals surface area (Å²) in [4.78, 5) is 11.7. The Balaban J connectivity index is 1.52. The topological polar surface area (TPSA) is 38.3 Å². The molecule has 2 aromatic carbocycles. The van der Waals surface area contributed by atoms with Crippen molar-refractivity contribution in [2.24, 2.45) is 0 Å². The molecule has 2 atom stereocenters. The molecule has 2 aromatic rings. The zero-order valence-electron chi connectivity index (χ0n) is 10.5. The molecule has 1 unspecified atom stereocenters. The van der Waals surface area contributed by atoms with Crippen molar-refractivity contribution in [3.63, 3.8) is 0 Å². The van der Waals surface area contributed by atoms with Crippen LogP contribution in [0.25, 0.3) is 0 Å². The molecule has 1 N–H and O–H groups in total. The van der Waals surface area contributed by atoms with Gasteiger partial charge in [0.2, 0.25) is 0 Å². The minimum absolute atomic E-state index is 0.193. The van der Waals surface area contributed by atoms with Crippen LogP contribution >= 0.6 is 0 Å². The van der Waals surface area contributed by atoms with Gasteiger partial charge in [0.1, 0.15) is 5.75 Å². The molecule has 96 valence electrons. The highest BCUT2D eigenvalue weighted by Crippen LogP contribution is 2.40. The molecule has 0 bridgehead atoms. The van der Waals surface area contributed by atoms with Crippen LogP contribution in [0.15, 0.2) is 60.7 Å². The Morgan fingerprint density at radius 2 is 1.63 bits per heavy atom. The third-order valence-electron chi connectivity index (χ3n) is 3.28. The number of benzene rings is 2. The van der Waals surface area contributed by atoms with E-state index in [4.69, 9.17) is 4.74 Å². The average Bonchev–Trinajstić information content (AvgIpc) is 3.20. The van der Waals surface area contributed by atoms with Crippen LogP contribution in [0.2, 0.25) is 0 Å². The van der Waals surface area contributed by atoms with Crippen LogP contribution in [-0.4, -0.2) is 12.1 Å². The van der Waals surface area contributed by atoms with Gasteiger partial charge in [-0.1, -0.05) is 48.5 Å². The van der Waals surface area contributed by atoms with Crippen LogP contribution in [0.5, 0.6) is 5.75 Å². The van der Waals surface area contributed by atoms with E-state index in [2.05, 4.69) is 17.4 Å². The summed E-state index contributed by atoms with van der Waals surface area (Å²) in [6.07, 6.45) is 0.600. The van der Waals surface area contributed by atoms with E-state index < -0.39 is 0 Å². The predicted octanol–water partition coefficient (Wildman–Crippen LogP) is 3.33. The molecule has 0 aromatic heterocycles. The summed E-state index contributed by atoms with van der Waals surface area (Å²) in [6.45, 7) is 0. The van der Waals surface area contributed by atoms with Gasteiger partial charge >= 0.3 is 6.09 Å². The van der Waals surface area contributed by atoms with Crippen LogP contribution in [0.4, 0.5) is 4.79 Å². The summed E-state index contributed by atoms with van der Waals surface area (Å²) in [7, 11) is 0. The number of para-hydroxylation sites is 1. The van der Waals surface area contributed by atoms with Crippen molar-refractivity contribution in [3.8, 4) is 5.75 Å². The molecular weight excluding hydrogens is 238 g/mol. The van der Waals surface area contributed by atoms with Gasteiger partial charge < -0.3 is 10.1 Å². The first-order valence-electron chi connectivity index (χ1n) is 6.41. The smallest absolute Gasteiger partial charge is 0.410 e. The van der Waals surface area contributed by atoms with E-state index in [-0.39, 0.29) is 12.1 Å². The summed E-state index contributed by atoms with van der Waals surface area (Å²) in [5, 5.41) is 2.89. The average molecular weight is 253 g/mol. The Morgan fingerprint density at radius 3 is 2.32 bits per heavy atom. The highest BCUT2D eigenvalue weighted by molar-refractivity contribution is 5.71. The second kappa shape index (κ2) is 5.14. The van der Waals surface area contributed by atoms with Crippen LogP contribution in [0.3, 0.4) is 0 Å². The standard InChI is InChI=1S/C16H15NO2/c18-16(19-13-9-5-2-6-10-13)17-15-11-14(15)12-7-3-1-4-8-12/h1-10,14-15H,11H2,(H,17,18)/t14?,15-/m1/s1. The Morgan fingerprint density at radius 1 is 1.00 bits per heavy atom. The third kappa shape index (κ3) is 2.94. The van der Waals surface area contributed by atoms with Crippen molar-refractivity contribution >= 4 is 6.09 Å². The first-order valence-corrected chi connectivity index (χ1v) is 6.41. The van der Waals surface area contributed by atoms with Gasteiger partial charge in [-0.25, -0.2) is 4.79 Å². The first kappa shape index (κ1) is 11.8. The van der Waals surface area contributed by atoms with Crippen LogP contribution in [0.1, 0.15) is 17.9 Å². The lowest BCUT2D eigenvalue weighted by Crippen LogP contribution is -2.29. The summed E-state index contributed by atoms with van der Waals surface area (Å²) in [5.41, 5.74) is 1.27. The summed E-state index contributed by atoms with van der Waals surface area (Å²) < 4.78 is 5.20. The van der Waals surface area contributed by atoms with Gasteiger partial charge in [0.25, 0.3) is 0 Å². The molecule has 3 rings (SSSR count). The van der Waals surface area contributed by atoms with Gasteiger partial charge in [-0.15, -0.1) is 0 Å². The lowest BCUT2D eigenvalue weighted by atomic mass is 10.1. The van der Waals surface area contributed by atoms with E-state index in [0.717, 1.165) is 6.42 Å². The number of carbonyl (C=O) groups excluding carboxylic acids is 1. The van der Waals surface area contributed by atoms with Gasteiger partial charge in [0, 0.05) is 12.0 Å². The zero-order valence-corrected chi connectivity index (χ0v) is 10.5. The van der Waals surface area contributed by atoms with E-state index in [1.807, 2.05) is 36.4 Å². The van der Waals surface area contributed by atoms with Crippen LogP contribution in [-0.2, 0) is 0 Å². The first-order chi connectivity index (χ1) is 9.33. The lowest BCUT2D eigenvalue weighted by Gasteiger charge is -2.06. The number of ether oxygens (including phenoxy) is 1. The molecule has 0 aliphatic heterocycles. The van der Waals surface area contributed by atoms with Crippen molar-refractivity contribution in [2.75, 3.05) is 0 Å². The minimum atomic E-state index is -0.380. The fraction of sp³-hybridized carbons (Fsp3) is 0.188. The third-order valence-corrected chi connectivity index (χ3v) is 3.28.